The number of amides is 1. The number of carbonyl (C=O) groups is 1. The molecule has 10 heteroatoms. The van der Waals surface area contributed by atoms with Crippen molar-refractivity contribution in [1.29, 1.82) is 5.41 Å². The third-order valence-corrected chi connectivity index (χ3v) is 4.71. The zero-order valence-corrected chi connectivity index (χ0v) is 17.3. The lowest BCUT2D eigenvalue weighted by atomic mass is 10.0. The first kappa shape index (κ1) is 20.9. The van der Waals surface area contributed by atoms with E-state index in [0.29, 0.717) is 6.42 Å². The Labute approximate surface area is 174 Å². The Kier molecular flexibility index (Phi) is 5.77. The molecule has 3 rings (SSSR count). The number of anilines is 1. The highest BCUT2D eigenvalue weighted by atomic mass is 16.3. The van der Waals surface area contributed by atoms with Gasteiger partial charge in [-0.1, -0.05) is 37.3 Å². The maximum absolute atomic E-state index is 12.2. The van der Waals surface area contributed by atoms with Crippen molar-refractivity contribution < 1.29 is 15.0 Å². The van der Waals surface area contributed by atoms with E-state index >= 15 is 0 Å². The Balaban J connectivity index is 1.97. The number of nitrogens with one attached hydrogen (secondary N) is 3. The molecule has 10 nitrogen and oxygen atoms in total. The molecule has 0 saturated heterocycles. The first-order valence-corrected chi connectivity index (χ1v) is 9.41. The molecule has 2 aromatic rings. The molecular formula is C20H25N7O3. The number of amidine groups is 1. The number of aromatic hydroxyl groups is 2. The summed E-state index contributed by atoms with van der Waals surface area (Å²) in [4.78, 5) is 20.4. The quantitative estimate of drug-likeness (QED) is 0.496. The fourth-order valence-corrected chi connectivity index (χ4v) is 3.10. The zero-order valence-electron chi connectivity index (χ0n) is 17.3. The molecule has 1 aliphatic heterocycles. The summed E-state index contributed by atoms with van der Waals surface area (Å²) in [6, 6.07) is 9.54. The van der Waals surface area contributed by atoms with Crippen LogP contribution < -0.4 is 5.32 Å². The van der Waals surface area contributed by atoms with Crippen LogP contribution in [0.1, 0.15) is 24.9 Å². The average Bonchev–Trinajstić information content (AvgIpc) is 3.15. The number of carbonyl (C=O) groups excluding carboxylic acids is 1. The summed E-state index contributed by atoms with van der Waals surface area (Å²) in [7, 11) is 4.69. The summed E-state index contributed by atoms with van der Waals surface area (Å²) in [5, 5.41) is 37.5. The SMILES string of the molecule is CC[C@@H](Nc1c(O)[nH]c(O)c1N=C1C(=N)C(C(=O)N(C)C)=NN1C)c1ccccc1. The molecule has 1 amide bonds. The van der Waals surface area contributed by atoms with E-state index in [-0.39, 0.29) is 46.4 Å². The normalized spacial score (nSPS) is 16.0. The van der Waals surface area contributed by atoms with Crippen LogP contribution in [0.25, 0.3) is 0 Å². The van der Waals surface area contributed by atoms with E-state index in [1.165, 1.54) is 9.91 Å². The van der Waals surface area contributed by atoms with Gasteiger partial charge in [0.1, 0.15) is 11.4 Å². The van der Waals surface area contributed by atoms with E-state index in [1.54, 1.807) is 21.1 Å². The van der Waals surface area contributed by atoms with Gasteiger partial charge in [0.05, 0.1) is 6.04 Å². The molecule has 0 radical (unpaired) electrons. The number of H-pyrrole nitrogens is 1. The second-order valence-corrected chi connectivity index (χ2v) is 7.04. The molecule has 0 spiro atoms. The van der Waals surface area contributed by atoms with Crippen molar-refractivity contribution in [2.24, 2.45) is 10.1 Å². The summed E-state index contributed by atoms with van der Waals surface area (Å²) in [6.45, 7) is 1.99. The lowest BCUT2D eigenvalue weighted by Gasteiger charge is -2.18. The standard InChI is InChI=1S/C20H25N7O3/c1-5-12(11-9-7-6-8-10-11)22-15-16(19(29)24-18(15)28)23-17-13(21)14(25-27(17)4)20(30)26(2)3/h6-10,12,21-22,24,28-29H,5H2,1-4H3/t12-/m1/s1. The van der Waals surface area contributed by atoms with Gasteiger partial charge in [-0.15, -0.1) is 0 Å². The Morgan fingerprint density at radius 2 is 1.97 bits per heavy atom. The van der Waals surface area contributed by atoms with Crippen LogP contribution in [0.3, 0.4) is 0 Å². The molecular weight excluding hydrogens is 386 g/mol. The number of aliphatic imine (C=N–C) groups is 1. The van der Waals surface area contributed by atoms with Gasteiger partial charge in [-0.3, -0.25) is 15.2 Å². The third kappa shape index (κ3) is 3.84. The summed E-state index contributed by atoms with van der Waals surface area (Å²) in [5.74, 6) is -0.991. The monoisotopic (exact) mass is 411 g/mol. The predicted molar refractivity (Wildman–Crippen MR) is 116 cm³/mol. The van der Waals surface area contributed by atoms with Crippen LogP contribution in [0.2, 0.25) is 0 Å². The van der Waals surface area contributed by atoms with Gasteiger partial charge in [0.25, 0.3) is 5.91 Å². The van der Waals surface area contributed by atoms with Gasteiger partial charge in [-0.25, -0.2) is 10.0 Å². The number of hydrogen-bond acceptors (Lipinski definition) is 7. The van der Waals surface area contributed by atoms with Crippen molar-refractivity contribution in [3.8, 4) is 11.8 Å². The Morgan fingerprint density at radius 3 is 2.57 bits per heavy atom. The van der Waals surface area contributed by atoms with E-state index in [1.807, 2.05) is 37.3 Å². The Morgan fingerprint density at radius 1 is 1.30 bits per heavy atom. The second-order valence-electron chi connectivity index (χ2n) is 7.04. The van der Waals surface area contributed by atoms with E-state index in [9.17, 15) is 15.0 Å². The number of nitrogens with zero attached hydrogens (tertiary/aromatic N) is 4. The van der Waals surface area contributed by atoms with Crippen LogP contribution >= 0.6 is 0 Å². The van der Waals surface area contributed by atoms with Gasteiger partial charge >= 0.3 is 0 Å². The van der Waals surface area contributed by atoms with E-state index in [4.69, 9.17) is 5.41 Å². The van der Waals surface area contributed by atoms with Crippen LogP contribution in [0.4, 0.5) is 11.4 Å². The second kappa shape index (κ2) is 8.27. The molecule has 30 heavy (non-hydrogen) atoms. The minimum absolute atomic E-state index is 0.0298. The number of aromatic nitrogens is 1. The molecule has 1 aliphatic rings. The molecule has 2 heterocycles. The molecule has 5 N–H and O–H groups in total. The van der Waals surface area contributed by atoms with Crippen LogP contribution in [0.15, 0.2) is 40.4 Å². The highest BCUT2D eigenvalue weighted by Crippen LogP contribution is 2.44. The highest BCUT2D eigenvalue weighted by Gasteiger charge is 2.33. The smallest absolute Gasteiger partial charge is 0.276 e. The molecule has 1 aromatic heterocycles. The molecule has 0 unspecified atom stereocenters. The van der Waals surface area contributed by atoms with Crippen molar-refractivity contribution in [3.05, 3.63) is 35.9 Å². The number of rotatable bonds is 6. The van der Waals surface area contributed by atoms with E-state index in [0.717, 1.165) is 5.56 Å². The topological polar surface area (TPSA) is 140 Å². The first-order valence-electron chi connectivity index (χ1n) is 9.41. The molecule has 0 bridgehead atoms. The van der Waals surface area contributed by atoms with Gasteiger partial charge in [0.15, 0.2) is 17.2 Å². The summed E-state index contributed by atoms with van der Waals surface area (Å²) < 4.78 is 0. The minimum atomic E-state index is -0.424. The van der Waals surface area contributed by atoms with Crippen LogP contribution in [-0.4, -0.2) is 69.4 Å². The minimum Gasteiger partial charge on any atom is -0.493 e. The molecule has 0 aliphatic carbocycles. The largest absolute Gasteiger partial charge is 0.493 e. The van der Waals surface area contributed by atoms with Gasteiger partial charge in [-0.2, -0.15) is 5.10 Å². The maximum Gasteiger partial charge on any atom is 0.276 e. The molecule has 158 valence electrons. The van der Waals surface area contributed by atoms with Crippen molar-refractivity contribution in [1.82, 2.24) is 14.9 Å². The number of hydrogen-bond donors (Lipinski definition) is 5. The highest BCUT2D eigenvalue weighted by molar-refractivity contribution is 6.82. The van der Waals surface area contributed by atoms with Gasteiger partial charge in [-0.05, 0) is 12.0 Å². The molecule has 1 aromatic carbocycles. The van der Waals surface area contributed by atoms with Crippen LogP contribution in [0.5, 0.6) is 11.8 Å². The zero-order chi connectivity index (χ0) is 22.0. The third-order valence-electron chi connectivity index (χ3n) is 4.71. The Hall–Kier alpha value is -3.82. The van der Waals surface area contributed by atoms with E-state index in [2.05, 4.69) is 20.4 Å². The van der Waals surface area contributed by atoms with Crippen LogP contribution in [-0.2, 0) is 4.79 Å². The van der Waals surface area contributed by atoms with Gasteiger partial charge in [0, 0.05) is 21.1 Å². The average molecular weight is 411 g/mol. The Bertz CT molecular complexity index is 1020. The van der Waals surface area contributed by atoms with Crippen LogP contribution in [0, 0.1) is 5.41 Å². The molecule has 1 atom stereocenters. The van der Waals surface area contributed by atoms with Crippen molar-refractivity contribution in [2.75, 3.05) is 26.5 Å². The lowest BCUT2D eigenvalue weighted by Crippen LogP contribution is -2.35. The fourth-order valence-electron chi connectivity index (χ4n) is 3.10. The van der Waals surface area contributed by atoms with Crippen molar-refractivity contribution >= 4 is 34.5 Å². The number of benzene rings is 1. The summed E-state index contributed by atoms with van der Waals surface area (Å²) in [5.41, 5.74) is 1.02. The van der Waals surface area contributed by atoms with E-state index < -0.39 is 5.91 Å². The summed E-state index contributed by atoms with van der Waals surface area (Å²) >= 11 is 0. The van der Waals surface area contributed by atoms with Gasteiger partial charge < -0.3 is 20.4 Å². The number of aromatic amines is 1. The predicted octanol–water partition coefficient (Wildman–Crippen LogP) is 2.43. The maximum atomic E-state index is 12.2. The fraction of sp³-hybridized carbons (Fsp3) is 0.300. The van der Waals surface area contributed by atoms with Crippen molar-refractivity contribution in [3.63, 3.8) is 0 Å². The lowest BCUT2D eigenvalue weighted by molar-refractivity contribution is -0.121. The van der Waals surface area contributed by atoms with Gasteiger partial charge in [0.2, 0.25) is 11.8 Å². The van der Waals surface area contributed by atoms with Crippen molar-refractivity contribution in [2.45, 2.75) is 19.4 Å². The summed E-state index contributed by atoms with van der Waals surface area (Å²) in [6.07, 6.45) is 0.714. The molecule has 0 fully saturated rings. The number of hydrazone groups is 1. The first-order chi connectivity index (χ1) is 14.2. The molecule has 0 saturated carbocycles.